The van der Waals surface area contributed by atoms with Gasteiger partial charge in [-0.05, 0) is 30.7 Å². The average molecular weight is 619 g/mol. The Labute approximate surface area is 238 Å². The summed E-state index contributed by atoms with van der Waals surface area (Å²) in [5, 5.41) is 21.2. The Kier molecular flexibility index (Phi) is 12.2. The number of nitrogens with two attached hydrogens (primary N) is 1. The Morgan fingerprint density at radius 3 is 2.41 bits per heavy atom. The summed E-state index contributed by atoms with van der Waals surface area (Å²) in [5.74, 6) is -6.37. The third-order valence-electron chi connectivity index (χ3n) is 5.89. The first-order chi connectivity index (χ1) is 19.1. The molecule has 15 nitrogen and oxygen atoms in total. The predicted molar refractivity (Wildman–Crippen MR) is 141 cm³/mol. The first-order valence-corrected chi connectivity index (χ1v) is 14.6. The molecule has 0 aromatic heterocycles. The van der Waals surface area contributed by atoms with Gasteiger partial charge in [-0.2, -0.15) is 4.31 Å². The molecule has 1 fully saturated rings. The van der Waals surface area contributed by atoms with Crippen molar-refractivity contribution in [2.24, 2.45) is 5.73 Å². The lowest BCUT2D eigenvalue weighted by Gasteiger charge is -2.21. The third-order valence-corrected chi connectivity index (χ3v) is 9.06. The normalized spacial score (nSPS) is 16.9. The lowest BCUT2D eigenvalue weighted by atomic mass is 10.1. The third kappa shape index (κ3) is 9.76. The van der Waals surface area contributed by atoms with Crippen LogP contribution < -0.4 is 16.4 Å². The minimum Gasteiger partial charge on any atom is -0.480 e. The van der Waals surface area contributed by atoms with Crippen LogP contribution in [-0.4, -0.2) is 113 Å². The number of nitrogens with one attached hydrogen (secondary N) is 2. The van der Waals surface area contributed by atoms with Gasteiger partial charge >= 0.3 is 11.9 Å². The fourth-order valence-electron chi connectivity index (χ4n) is 3.52. The molecule has 1 aromatic carbocycles. The van der Waals surface area contributed by atoms with Crippen molar-refractivity contribution in [2.75, 3.05) is 32.4 Å². The molecule has 1 aromatic rings. The largest absolute Gasteiger partial charge is 0.480 e. The van der Waals surface area contributed by atoms with Gasteiger partial charge < -0.3 is 26.6 Å². The molecule has 1 saturated heterocycles. The Balaban J connectivity index is 2.00. The molecule has 0 radical (unpaired) electrons. The van der Waals surface area contributed by atoms with E-state index >= 15 is 0 Å². The van der Waals surface area contributed by atoms with Gasteiger partial charge in [0.1, 0.15) is 24.4 Å². The number of hydrogen-bond donors (Lipinski definition) is 5. The number of likely N-dealkylation sites (tertiary alicyclic amines) is 1. The number of rotatable bonds is 16. The van der Waals surface area contributed by atoms with Crippen molar-refractivity contribution in [3.63, 3.8) is 0 Å². The van der Waals surface area contributed by atoms with E-state index in [0.29, 0.717) is 0 Å². The number of carboxylic acids is 2. The van der Waals surface area contributed by atoms with E-state index in [1.165, 1.54) is 7.05 Å². The molecule has 1 aliphatic heterocycles. The van der Waals surface area contributed by atoms with Crippen LogP contribution >= 0.6 is 11.8 Å². The molecule has 4 amide bonds. The molecule has 1 heterocycles. The topological polar surface area (TPSA) is 234 Å². The number of thioether (sulfide) groups is 1. The number of benzene rings is 1. The van der Waals surface area contributed by atoms with Gasteiger partial charge in [0.15, 0.2) is 0 Å². The molecule has 18 heteroatoms. The molecule has 1 aliphatic rings. The number of likely N-dealkylation sites (N-methyl/N-ethyl adjacent to an activating group) is 1. The maximum atomic E-state index is 13.1. The van der Waals surface area contributed by atoms with Crippen LogP contribution in [0.1, 0.15) is 19.3 Å². The fourth-order valence-corrected chi connectivity index (χ4v) is 5.87. The van der Waals surface area contributed by atoms with Gasteiger partial charge in [-0.25, -0.2) is 12.8 Å². The second-order valence-electron chi connectivity index (χ2n) is 8.91. The van der Waals surface area contributed by atoms with Crippen LogP contribution in [0.5, 0.6) is 0 Å². The minimum absolute atomic E-state index is 0.173. The van der Waals surface area contributed by atoms with Crippen LogP contribution in [0.25, 0.3) is 0 Å². The highest BCUT2D eigenvalue weighted by atomic mass is 32.2. The van der Waals surface area contributed by atoms with Gasteiger partial charge in [-0.15, -0.1) is 11.8 Å². The number of sulfonamides is 1. The second-order valence-corrected chi connectivity index (χ2v) is 12.2. The molecule has 6 N–H and O–H groups in total. The van der Waals surface area contributed by atoms with Crippen molar-refractivity contribution in [1.29, 1.82) is 0 Å². The molecule has 3 atom stereocenters. The van der Waals surface area contributed by atoms with Crippen LogP contribution in [0.3, 0.4) is 0 Å². The zero-order chi connectivity index (χ0) is 30.9. The van der Waals surface area contributed by atoms with Gasteiger partial charge in [0.2, 0.25) is 33.7 Å². The second kappa shape index (κ2) is 14.9. The van der Waals surface area contributed by atoms with Crippen molar-refractivity contribution in [3.05, 3.63) is 30.1 Å². The molecule has 41 heavy (non-hydrogen) atoms. The fraction of sp³-hybridized carbons (Fsp3) is 0.478. The number of halogens is 1. The Morgan fingerprint density at radius 1 is 1.20 bits per heavy atom. The van der Waals surface area contributed by atoms with E-state index in [1.54, 1.807) is 0 Å². The molecule has 0 spiro atoms. The lowest BCUT2D eigenvalue weighted by Crippen LogP contribution is -2.50. The van der Waals surface area contributed by atoms with Gasteiger partial charge in [0.05, 0.1) is 10.1 Å². The number of nitrogens with zero attached hydrogens (tertiary/aromatic N) is 2. The minimum atomic E-state index is -4.02. The summed E-state index contributed by atoms with van der Waals surface area (Å²) >= 11 is 0.858. The van der Waals surface area contributed by atoms with E-state index in [4.69, 9.17) is 15.9 Å². The quantitative estimate of drug-likeness (QED) is 0.129. The first-order valence-electron chi connectivity index (χ1n) is 12.1. The molecular weight excluding hydrogens is 588 g/mol. The summed E-state index contributed by atoms with van der Waals surface area (Å²) in [7, 11) is -2.78. The molecule has 0 saturated carbocycles. The van der Waals surface area contributed by atoms with Crippen LogP contribution in [0.15, 0.2) is 29.2 Å². The van der Waals surface area contributed by atoms with E-state index in [9.17, 15) is 41.6 Å². The number of aliphatic carboxylic acids is 2. The molecule has 226 valence electrons. The molecule has 2 rings (SSSR count). The highest BCUT2D eigenvalue weighted by Gasteiger charge is 2.40. The monoisotopic (exact) mass is 618 g/mol. The van der Waals surface area contributed by atoms with Crippen LogP contribution in [0.4, 0.5) is 4.39 Å². The van der Waals surface area contributed by atoms with Crippen LogP contribution in [0, 0.1) is 5.82 Å². The average Bonchev–Trinajstić information content (AvgIpc) is 3.18. The predicted octanol–water partition coefficient (Wildman–Crippen LogP) is -1.82. The summed E-state index contributed by atoms with van der Waals surface area (Å²) in [6.07, 6.45) is -0.833. The highest BCUT2D eigenvalue weighted by molar-refractivity contribution is 8.00. The number of amides is 4. The van der Waals surface area contributed by atoms with Crippen LogP contribution in [0.2, 0.25) is 0 Å². The number of carbonyl (C=O) groups is 6. The number of carboxylic acid groups (broad SMARTS) is 2. The maximum Gasteiger partial charge on any atom is 0.322 e. The van der Waals surface area contributed by atoms with E-state index in [0.717, 1.165) is 45.2 Å². The summed E-state index contributed by atoms with van der Waals surface area (Å²) < 4.78 is 39.4. The Hall–Kier alpha value is -3.61. The Bertz CT molecular complexity index is 1280. The van der Waals surface area contributed by atoms with Gasteiger partial charge in [0, 0.05) is 38.7 Å². The van der Waals surface area contributed by atoms with E-state index in [1.807, 2.05) is 0 Å². The van der Waals surface area contributed by atoms with Crippen molar-refractivity contribution in [3.8, 4) is 0 Å². The summed E-state index contributed by atoms with van der Waals surface area (Å²) in [5.41, 5.74) is 5.37. The molecule has 1 unspecified atom stereocenters. The smallest absolute Gasteiger partial charge is 0.322 e. The van der Waals surface area contributed by atoms with Gasteiger partial charge in [0.25, 0.3) is 0 Å². The van der Waals surface area contributed by atoms with Crippen molar-refractivity contribution in [2.45, 2.75) is 41.5 Å². The molecule has 0 bridgehead atoms. The Morgan fingerprint density at radius 2 is 1.83 bits per heavy atom. The number of hydrogen-bond acceptors (Lipinski definition) is 10. The molecule has 0 aliphatic carbocycles. The van der Waals surface area contributed by atoms with E-state index in [-0.39, 0.29) is 43.0 Å². The van der Waals surface area contributed by atoms with Crippen LogP contribution in [-0.2, 0) is 38.8 Å². The van der Waals surface area contributed by atoms with Crippen molar-refractivity contribution in [1.82, 2.24) is 19.8 Å². The van der Waals surface area contributed by atoms with E-state index < -0.39 is 75.3 Å². The van der Waals surface area contributed by atoms with Crippen molar-refractivity contribution >= 4 is 57.4 Å². The summed E-state index contributed by atoms with van der Waals surface area (Å²) in [6.45, 7) is -1.26. The van der Waals surface area contributed by atoms with Gasteiger partial charge in [-0.3, -0.25) is 33.7 Å². The standard InChI is InChI=1S/C23H30FN5O10S2/c1-28(41(38,39)14-4-2-13(24)3-5-14)8-9-29-19(31)10-17(22(29)35)40-12-16(21(34)26-11-20(32)33)27-18(30)7-6-15(25)23(36)37/h2-5,15-17H,6-12,25H2,1H3,(H,26,34)(H,27,30)(H,32,33)(H,36,37)/t15-,16-,17?/m0/s1/i24-1. The first kappa shape index (κ1) is 33.6. The maximum absolute atomic E-state index is 13.1. The summed E-state index contributed by atoms with van der Waals surface area (Å²) in [4.78, 5) is 72.5. The van der Waals surface area contributed by atoms with Gasteiger partial charge in [-0.1, -0.05) is 0 Å². The zero-order valence-electron chi connectivity index (χ0n) is 21.8. The van der Waals surface area contributed by atoms with E-state index in [2.05, 4.69) is 10.6 Å². The number of imide groups is 1. The molecular formula is C23H30FN5O10S2. The summed E-state index contributed by atoms with van der Waals surface area (Å²) in [6, 6.07) is 1.51. The van der Waals surface area contributed by atoms with Crippen molar-refractivity contribution < 1.29 is 51.8 Å². The lowest BCUT2D eigenvalue weighted by molar-refractivity contribution is -0.140. The highest BCUT2D eigenvalue weighted by Crippen LogP contribution is 2.26. The zero-order valence-corrected chi connectivity index (χ0v) is 23.5. The SMILES string of the molecule is CN(CCN1C(=O)CC(SC[C@H](NC(=O)CC[C@H](N)C(=O)O)C(=O)NCC(=O)O)C1=O)S(=O)(=O)c1ccc([18F])cc1. The number of carbonyl (C=O) groups excluding carboxylic acids is 4.